The quantitative estimate of drug-likeness (QED) is 0.664. The van der Waals surface area contributed by atoms with Crippen molar-refractivity contribution in [1.29, 1.82) is 0 Å². The van der Waals surface area contributed by atoms with Gasteiger partial charge in [0.15, 0.2) is 0 Å². The normalized spacial score (nSPS) is 11.8. The van der Waals surface area contributed by atoms with E-state index in [2.05, 4.69) is 10.3 Å². The minimum Gasteiger partial charge on any atom is -0.351 e. The second kappa shape index (κ2) is 5.82. The fourth-order valence-corrected chi connectivity index (χ4v) is 1.16. The van der Waals surface area contributed by atoms with Crippen molar-refractivity contribution >= 4 is 11.9 Å². The molecule has 0 aliphatic carbocycles. The van der Waals surface area contributed by atoms with Crippen LogP contribution in [0.3, 0.4) is 0 Å². The molecule has 1 atom stereocenters. The number of imide groups is 1. The SMILES string of the molecule is C[C@@H](NCC(=O)NC(N)=O)c1ccccn1. The molecule has 6 heteroatoms. The minimum absolute atomic E-state index is 0.0146. The molecule has 0 fully saturated rings. The van der Waals surface area contributed by atoms with Crippen LogP contribution in [0.25, 0.3) is 0 Å². The van der Waals surface area contributed by atoms with E-state index in [0.29, 0.717) is 0 Å². The lowest BCUT2D eigenvalue weighted by Gasteiger charge is -2.12. The van der Waals surface area contributed by atoms with Gasteiger partial charge in [0.2, 0.25) is 5.91 Å². The largest absolute Gasteiger partial charge is 0.351 e. The number of hydrogen-bond donors (Lipinski definition) is 3. The molecule has 0 saturated carbocycles. The Morgan fingerprint density at radius 1 is 1.50 bits per heavy atom. The standard InChI is InChI=1S/C10H14N4O2/c1-7(8-4-2-3-5-12-8)13-6-9(15)14-10(11)16/h2-5,7,13H,6H2,1H3,(H3,11,14,15,16)/t7-/m1/s1. The third kappa shape index (κ3) is 4.05. The molecule has 0 radical (unpaired) electrons. The molecule has 0 aliphatic heterocycles. The lowest BCUT2D eigenvalue weighted by Crippen LogP contribution is -2.41. The van der Waals surface area contributed by atoms with Crippen molar-refractivity contribution in [2.24, 2.45) is 5.73 Å². The molecule has 1 aromatic rings. The summed E-state index contributed by atoms with van der Waals surface area (Å²) in [5.74, 6) is -0.463. The van der Waals surface area contributed by atoms with Crippen molar-refractivity contribution in [1.82, 2.24) is 15.6 Å². The van der Waals surface area contributed by atoms with Crippen LogP contribution in [0.5, 0.6) is 0 Å². The van der Waals surface area contributed by atoms with Crippen molar-refractivity contribution < 1.29 is 9.59 Å². The summed E-state index contributed by atoms with van der Waals surface area (Å²) in [4.78, 5) is 25.6. The number of pyridine rings is 1. The summed E-state index contributed by atoms with van der Waals surface area (Å²) in [5, 5.41) is 4.89. The maximum atomic E-state index is 11.1. The third-order valence-electron chi connectivity index (χ3n) is 1.96. The van der Waals surface area contributed by atoms with Crippen molar-refractivity contribution in [2.75, 3.05) is 6.54 Å². The molecule has 0 saturated heterocycles. The van der Waals surface area contributed by atoms with Crippen LogP contribution < -0.4 is 16.4 Å². The van der Waals surface area contributed by atoms with Crippen LogP contribution in [0.1, 0.15) is 18.7 Å². The second-order valence-corrected chi connectivity index (χ2v) is 3.27. The van der Waals surface area contributed by atoms with Gasteiger partial charge in [-0.1, -0.05) is 6.07 Å². The predicted molar refractivity (Wildman–Crippen MR) is 58.4 cm³/mol. The molecular formula is C10H14N4O2. The fourth-order valence-electron chi connectivity index (χ4n) is 1.16. The van der Waals surface area contributed by atoms with Gasteiger partial charge in [0.1, 0.15) is 0 Å². The lowest BCUT2D eigenvalue weighted by molar-refractivity contribution is -0.119. The van der Waals surface area contributed by atoms with Gasteiger partial charge in [-0.15, -0.1) is 0 Å². The molecule has 0 aliphatic rings. The molecule has 1 rings (SSSR count). The topological polar surface area (TPSA) is 97.1 Å². The average molecular weight is 222 g/mol. The van der Waals surface area contributed by atoms with Gasteiger partial charge in [0, 0.05) is 12.2 Å². The van der Waals surface area contributed by atoms with Gasteiger partial charge < -0.3 is 11.1 Å². The molecule has 3 amide bonds. The van der Waals surface area contributed by atoms with Crippen LogP contribution >= 0.6 is 0 Å². The number of urea groups is 1. The van der Waals surface area contributed by atoms with Crippen molar-refractivity contribution in [2.45, 2.75) is 13.0 Å². The number of hydrogen-bond acceptors (Lipinski definition) is 4. The van der Waals surface area contributed by atoms with Crippen molar-refractivity contribution in [3.8, 4) is 0 Å². The number of carbonyl (C=O) groups is 2. The van der Waals surface area contributed by atoms with Crippen molar-refractivity contribution in [3.63, 3.8) is 0 Å². The Kier molecular flexibility index (Phi) is 4.41. The van der Waals surface area contributed by atoms with E-state index in [4.69, 9.17) is 5.73 Å². The summed E-state index contributed by atoms with van der Waals surface area (Å²) in [6.07, 6.45) is 1.68. The molecule has 0 unspecified atom stereocenters. The van der Waals surface area contributed by atoms with Gasteiger partial charge in [-0.05, 0) is 19.1 Å². The van der Waals surface area contributed by atoms with Crippen LogP contribution in [0, 0.1) is 0 Å². The summed E-state index contributed by atoms with van der Waals surface area (Å²) < 4.78 is 0. The maximum absolute atomic E-state index is 11.1. The first-order chi connectivity index (χ1) is 7.59. The van der Waals surface area contributed by atoms with E-state index in [1.807, 2.05) is 30.4 Å². The number of nitrogens with one attached hydrogen (secondary N) is 2. The molecule has 4 N–H and O–H groups in total. The number of aromatic nitrogens is 1. The van der Waals surface area contributed by atoms with Gasteiger partial charge in [-0.3, -0.25) is 15.1 Å². The monoisotopic (exact) mass is 222 g/mol. The second-order valence-electron chi connectivity index (χ2n) is 3.27. The number of primary amides is 1. The highest BCUT2D eigenvalue weighted by Gasteiger charge is 2.08. The molecule has 0 bridgehead atoms. The summed E-state index contributed by atoms with van der Waals surface area (Å²) in [7, 11) is 0. The predicted octanol–water partition coefficient (Wildman–Crippen LogP) is -0.0729. The Morgan fingerprint density at radius 3 is 2.81 bits per heavy atom. The van der Waals surface area contributed by atoms with E-state index in [1.54, 1.807) is 6.20 Å². The number of carbonyl (C=O) groups excluding carboxylic acids is 2. The molecule has 6 nitrogen and oxygen atoms in total. The van der Waals surface area contributed by atoms with Gasteiger partial charge in [-0.25, -0.2) is 4.79 Å². The van der Waals surface area contributed by atoms with E-state index >= 15 is 0 Å². The zero-order valence-electron chi connectivity index (χ0n) is 8.93. The van der Waals surface area contributed by atoms with Crippen LogP contribution in [-0.4, -0.2) is 23.5 Å². The van der Waals surface area contributed by atoms with E-state index in [0.717, 1.165) is 5.69 Å². The fraction of sp³-hybridized carbons (Fsp3) is 0.300. The summed E-state index contributed by atoms with van der Waals surface area (Å²) in [6.45, 7) is 1.89. The summed E-state index contributed by atoms with van der Waals surface area (Å²) in [5.41, 5.74) is 5.63. The molecule has 1 heterocycles. The zero-order valence-corrected chi connectivity index (χ0v) is 8.93. The Morgan fingerprint density at radius 2 is 2.25 bits per heavy atom. The highest BCUT2D eigenvalue weighted by Crippen LogP contribution is 2.06. The lowest BCUT2D eigenvalue weighted by atomic mass is 10.2. The number of nitrogens with zero attached hydrogens (tertiary/aromatic N) is 1. The van der Waals surface area contributed by atoms with Crippen LogP contribution in [-0.2, 0) is 4.79 Å². The maximum Gasteiger partial charge on any atom is 0.318 e. The Bertz CT molecular complexity index is 366. The summed E-state index contributed by atoms with van der Waals surface area (Å²) >= 11 is 0. The first-order valence-corrected chi connectivity index (χ1v) is 4.83. The van der Waals surface area contributed by atoms with Gasteiger partial charge in [0.25, 0.3) is 0 Å². The van der Waals surface area contributed by atoms with Crippen LogP contribution in [0.2, 0.25) is 0 Å². The van der Waals surface area contributed by atoms with E-state index in [-0.39, 0.29) is 12.6 Å². The van der Waals surface area contributed by atoms with E-state index < -0.39 is 11.9 Å². The molecule has 16 heavy (non-hydrogen) atoms. The highest BCUT2D eigenvalue weighted by molar-refractivity contribution is 5.94. The summed E-state index contributed by atoms with van der Waals surface area (Å²) in [6, 6.07) is 4.61. The van der Waals surface area contributed by atoms with Gasteiger partial charge in [-0.2, -0.15) is 0 Å². The number of amides is 3. The first kappa shape index (κ1) is 12.1. The molecular weight excluding hydrogens is 208 g/mol. The smallest absolute Gasteiger partial charge is 0.318 e. The first-order valence-electron chi connectivity index (χ1n) is 4.83. The third-order valence-corrected chi connectivity index (χ3v) is 1.96. The van der Waals surface area contributed by atoms with Crippen LogP contribution in [0.15, 0.2) is 24.4 Å². The Hall–Kier alpha value is -1.95. The Labute approximate surface area is 93.2 Å². The van der Waals surface area contributed by atoms with E-state index in [1.165, 1.54) is 0 Å². The number of rotatable bonds is 4. The highest BCUT2D eigenvalue weighted by atomic mass is 16.2. The van der Waals surface area contributed by atoms with Crippen molar-refractivity contribution in [3.05, 3.63) is 30.1 Å². The van der Waals surface area contributed by atoms with Crippen LogP contribution in [0.4, 0.5) is 4.79 Å². The molecule has 86 valence electrons. The van der Waals surface area contributed by atoms with Gasteiger partial charge >= 0.3 is 6.03 Å². The average Bonchev–Trinajstić information content (AvgIpc) is 2.26. The van der Waals surface area contributed by atoms with Gasteiger partial charge in [0.05, 0.1) is 12.2 Å². The molecule has 1 aromatic heterocycles. The Balaban J connectivity index is 2.39. The molecule has 0 spiro atoms. The molecule has 0 aromatic carbocycles. The zero-order chi connectivity index (χ0) is 12.0. The van der Waals surface area contributed by atoms with E-state index in [9.17, 15) is 9.59 Å². The number of nitrogens with two attached hydrogens (primary N) is 1. The minimum atomic E-state index is -0.850.